The Labute approximate surface area is 176 Å². The lowest BCUT2D eigenvalue weighted by Crippen LogP contribution is -2.43. The lowest BCUT2D eigenvalue weighted by atomic mass is 10.1. The predicted octanol–water partition coefficient (Wildman–Crippen LogP) is 3.72. The van der Waals surface area contributed by atoms with Gasteiger partial charge in [0.2, 0.25) is 5.78 Å². The molecule has 30 heavy (non-hydrogen) atoms. The highest BCUT2D eigenvalue weighted by Crippen LogP contribution is 2.38. The number of ketones is 1. The Morgan fingerprint density at radius 1 is 1.10 bits per heavy atom. The molecule has 1 aromatic heterocycles. The monoisotopic (exact) mass is 425 g/mol. The predicted molar refractivity (Wildman–Crippen MR) is 109 cm³/mol. The minimum Gasteiger partial charge on any atom is -0.325 e. The van der Waals surface area contributed by atoms with E-state index in [4.69, 9.17) is 11.6 Å². The van der Waals surface area contributed by atoms with Crippen LogP contribution in [0.5, 0.6) is 0 Å². The normalized spacial score (nSPS) is 14.2. The minimum atomic E-state index is -1.35. The molecule has 8 heteroatoms. The van der Waals surface area contributed by atoms with Gasteiger partial charge in [-0.1, -0.05) is 17.7 Å². The molecule has 6 nitrogen and oxygen atoms in total. The number of carbonyl (C=O) groups excluding carboxylic acids is 2. The van der Waals surface area contributed by atoms with Gasteiger partial charge in [0.05, 0.1) is 5.69 Å². The molecule has 2 aromatic carbocycles. The van der Waals surface area contributed by atoms with Gasteiger partial charge >= 0.3 is 5.69 Å². The summed E-state index contributed by atoms with van der Waals surface area (Å²) < 4.78 is 14.3. The summed E-state index contributed by atoms with van der Waals surface area (Å²) >= 11 is 5.95. The zero-order chi connectivity index (χ0) is 21.3. The molecule has 0 radical (unpaired) electrons. The SMILES string of the molecule is O=C(NC(C(=O)c1ccc(F)cc1)n1ccc(C2CC2)nc1=O)c1cccc(Cl)c1. The molecule has 1 atom stereocenters. The van der Waals surface area contributed by atoms with E-state index in [0.717, 1.165) is 29.5 Å². The van der Waals surface area contributed by atoms with E-state index >= 15 is 0 Å². The van der Waals surface area contributed by atoms with Crippen LogP contribution < -0.4 is 11.0 Å². The Balaban J connectivity index is 1.70. The highest BCUT2D eigenvalue weighted by Gasteiger charge is 2.29. The Morgan fingerprint density at radius 2 is 1.83 bits per heavy atom. The maximum atomic E-state index is 13.3. The van der Waals surface area contributed by atoms with Crippen molar-refractivity contribution in [2.45, 2.75) is 24.9 Å². The van der Waals surface area contributed by atoms with Gasteiger partial charge in [-0.3, -0.25) is 14.2 Å². The van der Waals surface area contributed by atoms with E-state index in [1.165, 1.54) is 30.5 Å². The van der Waals surface area contributed by atoms with Crippen LogP contribution in [-0.4, -0.2) is 21.2 Å². The van der Waals surface area contributed by atoms with Gasteiger partial charge in [-0.25, -0.2) is 9.18 Å². The number of Topliss-reactive ketones (excluding diaryl/α,β-unsaturated/α-hetero) is 1. The summed E-state index contributed by atoms with van der Waals surface area (Å²) in [7, 11) is 0. The molecule has 4 rings (SSSR count). The van der Waals surface area contributed by atoms with Crippen molar-refractivity contribution in [2.24, 2.45) is 0 Å². The van der Waals surface area contributed by atoms with Crippen LogP contribution in [0.25, 0.3) is 0 Å². The van der Waals surface area contributed by atoms with Crippen molar-refractivity contribution in [3.63, 3.8) is 0 Å². The maximum Gasteiger partial charge on any atom is 0.349 e. The third-order valence-corrected chi connectivity index (χ3v) is 5.09. The molecule has 1 aliphatic carbocycles. The van der Waals surface area contributed by atoms with E-state index in [0.29, 0.717) is 10.7 Å². The summed E-state index contributed by atoms with van der Waals surface area (Å²) in [5.41, 5.74) is 0.401. The number of hydrogen-bond donors (Lipinski definition) is 1. The summed E-state index contributed by atoms with van der Waals surface area (Å²) in [5, 5.41) is 2.93. The van der Waals surface area contributed by atoms with Gasteiger partial charge in [0.25, 0.3) is 5.91 Å². The Hall–Kier alpha value is -3.32. The van der Waals surface area contributed by atoms with Crippen molar-refractivity contribution >= 4 is 23.3 Å². The summed E-state index contributed by atoms with van der Waals surface area (Å²) in [4.78, 5) is 42.6. The molecule has 1 N–H and O–H groups in total. The first-order valence-corrected chi connectivity index (χ1v) is 9.75. The van der Waals surface area contributed by atoms with Gasteiger partial charge in [-0.15, -0.1) is 0 Å². The van der Waals surface area contributed by atoms with E-state index in [9.17, 15) is 18.8 Å². The van der Waals surface area contributed by atoms with E-state index in [-0.39, 0.29) is 17.0 Å². The van der Waals surface area contributed by atoms with Crippen LogP contribution in [0.15, 0.2) is 65.6 Å². The zero-order valence-corrected chi connectivity index (χ0v) is 16.5. The average Bonchev–Trinajstić information content (AvgIpc) is 3.58. The minimum absolute atomic E-state index is 0.144. The Bertz CT molecular complexity index is 1170. The van der Waals surface area contributed by atoms with Crippen LogP contribution in [0.4, 0.5) is 4.39 Å². The fourth-order valence-corrected chi connectivity index (χ4v) is 3.29. The van der Waals surface area contributed by atoms with Crippen molar-refractivity contribution in [1.29, 1.82) is 0 Å². The molecule has 1 amide bonds. The van der Waals surface area contributed by atoms with Crippen molar-refractivity contribution in [2.75, 3.05) is 0 Å². The first-order chi connectivity index (χ1) is 14.4. The fourth-order valence-electron chi connectivity index (χ4n) is 3.10. The van der Waals surface area contributed by atoms with E-state index in [2.05, 4.69) is 10.3 Å². The third kappa shape index (κ3) is 4.31. The summed E-state index contributed by atoms with van der Waals surface area (Å²) in [6, 6.07) is 12.8. The summed E-state index contributed by atoms with van der Waals surface area (Å²) in [6.45, 7) is 0. The van der Waals surface area contributed by atoms with Gasteiger partial charge < -0.3 is 5.32 Å². The number of nitrogens with zero attached hydrogens (tertiary/aromatic N) is 2. The number of hydrogen-bond acceptors (Lipinski definition) is 4. The highest BCUT2D eigenvalue weighted by atomic mass is 35.5. The smallest absolute Gasteiger partial charge is 0.325 e. The number of nitrogens with one attached hydrogen (secondary N) is 1. The number of benzene rings is 2. The second-order valence-corrected chi connectivity index (χ2v) is 7.51. The molecule has 152 valence electrons. The van der Waals surface area contributed by atoms with Crippen molar-refractivity contribution in [3.05, 3.63) is 98.9 Å². The second kappa shape index (κ2) is 8.20. The lowest BCUT2D eigenvalue weighted by Gasteiger charge is -2.20. The molecular weight excluding hydrogens is 409 g/mol. The number of halogens is 2. The molecule has 1 fully saturated rings. The van der Waals surface area contributed by atoms with Crippen LogP contribution in [0.3, 0.4) is 0 Å². The van der Waals surface area contributed by atoms with Crippen molar-refractivity contribution < 1.29 is 14.0 Å². The van der Waals surface area contributed by atoms with Gasteiger partial charge in [0.1, 0.15) is 5.82 Å². The molecular formula is C22H17ClFN3O3. The van der Waals surface area contributed by atoms with Gasteiger partial charge in [0, 0.05) is 28.3 Å². The molecule has 0 spiro atoms. The molecule has 0 saturated heterocycles. The van der Waals surface area contributed by atoms with Gasteiger partial charge in [0.15, 0.2) is 6.17 Å². The fraction of sp³-hybridized carbons (Fsp3) is 0.182. The number of rotatable bonds is 6. The van der Waals surface area contributed by atoms with Crippen LogP contribution in [0.1, 0.15) is 51.3 Å². The van der Waals surface area contributed by atoms with Crippen LogP contribution in [0.2, 0.25) is 5.02 Å². The number of aromatic nitrogens is 2. The Morgan fingerprint density at radius 3 is 2.47 bits per heavy atom. The van der Waals surface area contributed by atoms with E-state index in [1.54, 1.807) is 18.2 Å². The highest BCUT2D eigenvalue weighted by molar-refractivity contribution is 6.31. The first kappa shape index (κ1) is 20.0. The van der Waals surface area contributed by atoms with Crippen LogP contribution >= 0.6 is 11.6 Å². The topological polar surface area (TPSA) is 81.1 Å². The summed E-state index contributed by atoms with van der Waals surface area (Å²) in [5.74, 6) is -1.40. The molecule has 3 aromatic rings. The number of amides is 1. The third-order valence-electron chi connectivity index (χ3n) is 4.86. The number of carbonyl (C=O) groups is 2. The van der Waals surface area contributed by atoms with Crippen molar-refractivity contribution in [1.82, 2.24) is 14.9 Å². The van der Waals surface area contributed by atoms with Gasteiger partial charge in [-0.05, 0) is 61.4 Å². The molecule has 1 saturated carbocycles. The first-order valence-electron chi connectivity index (χ1n) is 9.37. The Kier molecular flexibility index (Phi) is 5.46. The molecule has 1 heterocycles. The molecule has 0 aliphatic heterocycles. The maximum absolute atomic E-state index is 13.3. The standard InChI is InChI=1S/C22H17ClFN3O3/c23-16-3-1-2-15(12-16)21(29)26-20(19(28)14-6-8-17(24)9-7-14)27-11-10-18(13-4-5-13)25-22(27)30/h1-3,6-13,20H,4-5H2,(H,26,29). The van der Waals surface area contributed by atoms with E-state index in [1.807, 2.05) is 0 Å². The van der Waals surface area contributed by atoms with Crippen molar-refractivity contribution in [3.8, 4) is 0 Å². The summed E-state index contributed by atoms with van der Waals surface area (Å²) in [6.07, 6.45) is 2.04. The second-order valence-electron chi connectivity index (χ2n) is 7.07. The quantitative estimate of drug-likeness (QED) is 0.610. The zero-order valence-electron chi connectivity index (χ0n) is 15.7. The van der Waals surface area contributed by atoms with Crippen LogP contribution in [0, 0.1) is 5.82 Å². The average molecular weight is 426 g/mol. The lowest BCUT2D eigenvalue weighted by molar-refractivity contribution is 0.0812. The van der Waals surface area contributed by atoms with Crippen LogP contribution in [-0.2, 0) is 0 Å². The van der Waals surface area contributed by atoms with E-state index < -0.39 is 29.4 Å². The van der Waals surface area contributed by atoms with Gasteiger partial charge in [-0.2, -0.15) is 4.98 Å². The molecule has 0 bridgehead atoms. The molecule has 1 aliphatic rings. The molecule has 1 unspecified atom stereocenters. The largest absolute Gasteiger partial charge is 0.349 e.